The smallest absolute Gasteiger partial charge is 0.416 e. The Morgan fingerprint density at radius 1 is 0.771 bits per heavy atom. The van der Waals surface area contributed by atoms with E-state index in [2.05, 4.69) is 58.9 Å². The lowest BCUT2D eigenvalue weighted by atomic mass is 10.0. The van der Waals surface area contributed by atoms with Crippen LogP contribution in [0.4, 0.5) is 21.0 Å². The van der Waals surface area contributed by atoms with Crippen LogP contribution in [0, 0.1) is 18.8 Å². The molecule has 0 fully saturated rings. The van der Waals surface area contributed by atoms with E-state index in [1.54, 1.807) is 34.1 Å². The highest BCUT2D eigenvalue weighted by molar-refractivity contribution is 6.74. The Bertz CT molecular complexity index is 2730. The lowest BCUT2D eigenvalue weighted by molar-refractivity contribution is 0.0589. The van der Waals surface area contributed by atoms with Gasteiger partial charge in [0.15, 0.2) is 26.0 Å². The molecule has 0 unspecified atom stereocenters. The first-order valence-corrected chi connectivity index (χ1v) is 26.4. The molecule has 0 spiro atoms. The Balaban J connectivity index is 1.23. The number of hydrogen-bond acceptors (Lipinski definition) is 11. The Morgan fingerprint density at radius 2 is 1.30 bits per heavy atom. The van der Waals surface area contributed by atoms with Gasteiger partial charge in [0.25, 0.3) is 11.8 Å². The van der Waals surface area contributed by atoms with Crippen molar-refractivity contribution in [1.29, 1.82) is 0 Å². The van der Waals surface area contributed by atoms with Crippen molar-refractivity contribution in [3.05, 3.63) is 125 Å². The third-order valence-electron chi connectivity index (χ3n) is 13.5. The van der Waals surface area contributed by atoms with E-state index in [9.17, 15) is 19.2 Å². The van der Waals surface area contributed by atoms with E-state index in [0.29, 0.717) is 58.2 Å². The molecule has 16 heteroatoms. The van der Waals surface area contributed by atoms with Crippen molar-refractivity contribution in [2.75, 3.05) is 36.7 Å². The molecule has 4 amide bonds. The second-order valence-corrected chi connectivity index (χ2v) is 24.4. The Kier molecular flexibility index (Phi) is 15.1. The first-order valence-electron chi connectivity index (χ1n) is 23.5. The van der Waals surface area contributed by atoms with Gasteiger partial charge in [-0.05, 0) is 106 Å². The molecule has 0 aliphatic carbocycles. The van der Waals surface area contributed by atoms with Gasteiger partial charge in [-0.2, -0.15) is 0 Å². The van der Waals surface area contributed by atoms with Gasteiger partial charge in [0, 0.05) is 30.1 Å². The molecule has 0 radical (unpaired) electrons. The summed E-state index contributed by atoms with van der Waals surface area (Å²) in [6, 6.07) is 11.1. The highest BCUT2D eigenvalue weighted by Gasteiger charge is 2.51. The molecule has 3 aromatic carbocycles. The molecule has 4 aliphatic heterocycles. The summed E-state index contributed by atoms with van der Waals surface area (Å²) in [7, 11) is -1.08. The summed E-state index contributed by atoms with van der Waals surface area (Å²) in [5, 5.41) is -0.217. The van der Waals surface area contributed by atoms with Gasteiger partial charge in [0.1, 0.15) is 32.2 Å². The molecule has 4 atom stereocenters. The Morgan fingerprint density at radius 3 is 1.87 bits per heavy atom. The molecule has 70 heavy (non-hydrogen) atoms. The zero-order valence-corrected chi connectivity index (χ0v) is 43.0. The van der Waals surface area contributed by atoms with Gasteiger partial charge in [0.05, 0.1) is 54.3 Å². The zero-order valence-electron chi connectivity index (χ0n) is 42.0. The number of nitrogens with zero attached hydrogens (tertiary/aromatic N) is 4. The van der Waals surface area contributed by atoms with Crippen LogP contribution < -0.4 is 29.7 Å². The quantitative estimate of drug-likeness (QED) is 0.0986. The van der Waals surface area contributed by atoms with Crippen LogP contribution in [-0.2, 0) is 27.1 Å². The number of hydrogen-bond donors (Lipinski definition) is 1. The van der Waals surface area contributed by atoms with Crippen LogP contribution >= 0.6 is 0 Å². The van der Waals surface area contributed by atoms with E-state index in [1.165, 1.54) is 29.1 Å². The molecule has 15 nitrogen and oxygen atoms in total. The summed E-state index contributed by atoms with van der Waals surface area (Å²) in [5.74, 6) is 6.55. The van der Waals surface area contributed by atoms with Crippen LogP contribution in [0.3, 0.4) is 0 Å². The highest BCUT2D eigenvalue weighted by atomic mass is 28.4. The fourth-order valence-electron chi connectivity index (χ4n) is 9.02. The van der Waals surface area contributed by atoms with Crippen LogP contribution in [-0.4, -0.2) is 93.3 Å². The molecule has 0 aromatic heterocycles. The molecular formula is C54H65N5O10Si. The normalized spacial score (nSPS) is 19.5. The van der Waals surface area contributed by atoms with E-state index < -0.39 is 38.8 Å². The summed E-state index contributed by atoms with van der Waals surface area (Å²) in [6.07, 6.45) is 5.62. The number of methoxy groups -OCH3 is 1. The standard InChI is InChI=1S/C54H65N5O10Si/c1-13-18-65-52(62)58-36(6)42-20-33(3)29-56(42)50(61)41-26-47(64-10)48(28-43(41)58)68-32-39-24-37(16-15-17-55)23-38(25-39)31-67-46-27-44-40(22-35(46)5)49(60)57-30-34(4)21-45(57)51(59(44)53(63)66-19-14-2)69-70(11,12)54(7,8)9/h13-14,22-30,36,42,45,51H,1-2,17-21,31-32,55H2,3-12H3/t36-,42-,45-,51-/m0/s1. The molecule has 370 valence electrons. The third-order valence-corrected chi connectivity index (χ3v) is 18.0. The number of benzene rings is 3. The number of fused-ring (bicyclic) bond motifs is 4. The van der Waals surface area contributed by atoms with Crippen LogP contribution in [0.1, 0.15) is 97.4 Å². The number of ether oxygens (including phenoxy) is 5. The first-order chi connectivity index (χ1) is 33.2. The molecular weight excluding hydrogens is 907 g/mol. The maximum Gasteiger partial charge on any atom is 0.416 e. The van der Waals surface area contributed by atoms with Crippen molar-refractivity contribution in [1.82, 2.24) is 9.80 Å². The molecule has 3 aromatic rings. The third kappa shape index (κ3) is 10.2. The van der Waals surface area contributed by atoms with Crippen molar-refractivity contribution in [2.24, 2.45) is 5.73 Å². The summed E-state index contributed by atoms with van der Waals surface area (Å²) < 4.78 is 37.3. The van der Waals surface area contributed by atoms with Gasteiger partial charge in [-0.3, -0.25) is 14.5 Å². The molecule has 0 saturated heterocycles. The Labute approximate surface area is 412 Å². The molecule has 4 aliphatic rings. The van der Waals surface area contributed by atoms with Crippen molar-refractivity contribution >= 4 is 43.7 Å². The maximum atomic E-state index is 14.5. The molecule has 0 bridgehead atoms. The zero-order chi connectivity index (χ0) is 50.8. The van der Waals surface area contributed by atoms with Gasteiger partial charge in [-0.15, -0.1) is 0 Å². The van der Waals surface area contributed by atoms with Crippen LogP contribution in [0.25, 0.3) is 0 Å². The van der Waals surface area contributed by atoms with Gasteiger partial charge >= 0.3 is 12.2 Å². The lowest BCUT2D eigenvalue weighted by Gasteiger charge is -2.44. The second kappa shape index (κ2) is 20.7. The van der Waals surface area contributed by atoms with Crippen molar-refractivity contribution in [2.45, 2.75) is 117 Å². The van der Waals surface area contributed by atoms with E-state index in [-0.39, 0.29) is 61.4 Å². The molecule has 2 N–H and O–H groups in total. The maximum absolute atomic E-state index is 14.5. The molecule has 0 saturated carbocycles. The number of amides is 4. The van der Waals surface area contributed by atoms with Gasteiger partial charge in [-0.25, -0.2) is 14.5 Å². The van der Waals surface area contributed by atoms with Crippen molar-refractivity contribution in [3.8, 4) is 29.1 Å². The number of carbonyl (C=O) groups excluding carboxylic acids is 4. The number of anilines is 2. The number of aryl methyl sites for hydroxylation is 1. The van der Waals surface area contributed by atoms with Gasteiger partial charge < -0.3 is 43.6 Å². The molecule has 7 rings (SSSR count). The van der Waals surface area contributed by atoms with Crippen LogP contribution in [0.2, 0.25) is 18.1 Å². The average Bonchev–Trinajstić information content (AvgIpc) is 3.88. The minimum absolute atomic E-state index is 0.00952. The summed E-state index contributed by atoms with van der Waals surface area (Å²) in [6.45, 7) is 25.9. The summed E-state index contributed by atoms with van der Waals surface area (Å²) in [4.78, 5) is 63.1. The van der Waals surface area contributed by atoms with E-state index >= 15 is 0 Å². The van der Waals surface area contributed by atoms with Crippen molar-refractivity contribution in [3.63, 3.8) is 0 Å². The average molecular weight is 972 g/mol. The van der Waals surface area contributed by atoms with Crippen LogP contribution in [0.5, 0.6) is 17.2 Å². The largest absolute Gasteiger partial charge is 0.493 e. The number of carbonyl (C=O) groups is 4. The monoisotopic (exact) mass is 971 g/mol. The number of rotatable bonds is 13. The minimum Gasteiger partial charge on any atom is -0.493 e. The van der Waals surface area contributed by atoms with Gasteiger partial charge in [-0.1, -0.05) is 69.1 Å². The van der Waals surface area contributed by atoms with Gasteiger partial charge in [0.2, 0.25) is 0 Å². The summed E-state index contributed by atoms with van der Waals surface area (Å²) in [5.41, 5.74) is 11.8. The Hall–Kier alpha value is -6.80. The predicted octanol–water partition coefficient (Wildman–Crippen LogP) is 9.73. The predicted molar refractivity (Wildman–Crippen MR) is 271 cm³/mol. The SMILES string of the molecule is C=CCOC(=O)N1c2cc(OCc3cc(C#CCN)cc(COc4cc5c(cc4C)C(=O)N4C=C(C)C[C@H]4[C@H](O[Si](C)(C)C(C)(C)C)N5C(=O)OCC=C)c3)c(OC)cc2C(=O)N2C=C(C)C[C@H]2[C@@H]1C. The fraction of sp³-hybridized carbons (Fsp3) is 0.407. The summed E-state index contributed by atoms with van der Waals surface area (Å²) >= 11 is 0. The molecule has 4 heterocycles. The minimum atomic E-state index is -2.57. The van der Waals surface area contributed by atoms with E-state index in [4.69, 9.17) is 33.8 Å². The fourth-order valence-corrected chi connectivity index (χ4v) is 10.2. The van der Waals surface area contributed by atoms with Crippen LogP contribution in [0.15, 0.2) is 91.3 Å². The first kappa shape index (κ1) is 51.1. The van der Waals surface area contributed by atoms with E-state index in [1.807, 2.05) is 58.3 Å². The lowest BCUT2D eigenvalue weighted by Crippen LogP contribution is -2.57. The second-order valence-electron chi connectivity index (χ2n) is 19.7. The van der Waals surface area contributed by atoms with E-state index in [0.717, 1.165) is 22.3 Å². The number of nitrogens with two attached hydrogens (primary N) is 1. The van der Waals surface area contributed by atoms with Crippen molar-refractivity contribution < 1.29 is 47.3 Å². The topological polar surface area (TPSA) is 163 Å². The highest BCUT2D eigenvalue weighted by Crippen LogP contribution is 2.46.